The van der Waals surface area contributed by atoms with Gasteiger partial charge >= 0.3 is 6.03 Å². The topological polar surface area (TPSA) is 112 Å². The van der Waals surface area contributed by atoms with E-state index in [1.807, 2.05) is 31.2 Å². The molecule has 5 amide bonds. The summed E-state index contributed by atoms with van der Waals surface area (Å²) in [5.41, 5.74) is 3.31. The minimum Gasteiger partial charge on any atom is -0.322 e. The Balaban J connectivity index is 1.50. The summed E-state index contributed by atoms with van der Waals surface area (Å²) in [5.74, 6) is -0.587. The summed E-state index contributed by atoms with van der Waals surface area (Å²) in [6.45, 7) is 4.17. The number of nitrogens with one attached hydrogen (secondary N) is 4. The van der Waals surface area contributed by atoms with E-state index in [9.17, 15) is 19.2 Å². The van der Waals surface area contributed by atoms with Crippen LogP contribution in [0.15, 0.2) is 24.3 Å². The number of likely N-dealkylation sites (N-methyl/N-ethyl adjacent to an activating group) is 1. The van der Waals surface area contributed by atoms with Gasteiger partial charge in [-0.25, -0.2) is 4.79 Å². The molecule has 1 unspecified atom stereocenters. The smallest absolute Gasteiger partial charge is 0.322 e. The van der Waals surface area contributed by atoms with Gasteiger partial charge in [0, 0.05) is 5.69 Å². The molecule has 1 aliphatic carbocycles. The predicted octanol–water partition coefficient (Wildman–Crippen LogP) is 0.234. The van der Waals surface area contributed by atoms with Gasteiger partial charge in [-0.05, 0) is 49.7 Å². The number of para-hydroxylation sites is 1. The van der Waals surface area contributed by atoms with Crippen LogP contribution in [0.4, 0.5) is 10.5 Å². The van der Waals surface area contributed by atoms with Crippen molar-refractivity contribution in [2.24, 2.45) is 5.92 Å². The largest absolute Gasteiger partial charge is 0.344 e. The molecule has 1 heterocycles. The third-order valence-corrected chi connectivity index (χ3v) is 6.12. The van der Waals surface area contributed by atoms with Crippen molar-refractivity contribution in [2.75, 3.05) is 25.5 Å². The molecule has 9 heteroatoms. The van der Waals surface area contributed by atoms with Gasteiger partial charge in [0.2, 0.25) is 0 Å². The van der Waals surface area contributed by atoms with Crippen LogP contribution in [0.2, 0.25) is 0 Å². The number of quaternary nitrogens is 1. The van der Waals surface area contributed by atoms with E-state index in [2.05, 4.69) is 23.0 Å². The van der Waals surface area contributed by atoms with Crippen LogP contribution in [0.5, 0.6) is 0 Å². The molecule has 3 rings (SSSR count). The molecule has 1 saturated carbocycles. The molecular formula is C22H32N5O4+. The van der Waals surface area contributed by atoms with E-state index >= 15 is 0 Å². The Morgan fingerprint density at radius 3 is 2.48 bits per heavy atom. The predicted molar refractivity (Wildman–Crippen MR) is 115 cm³/mol. The first kappa shape index (κ1) is 22.7. The van der Waals surface area contributed by atoms with E-state index < -0.39 is 23.4 Å². The summed E-state index contributed by atoms with van der Waals surface area (Å²) < 4.78 is 0. The van der Waals surface area contributed by atoms with Crippen LogP contribution >= 0.6 is 0 Å². The number of benzene rings is 1. The highest BCUT2D eigenvalue weighted by atomic mass is 16.2. The lowest BCUT2D eigenvalue weighted by Crippen LogP contribution is -3.11. The maximum Gasteiger partial charge on any atom is 0.344 e. The Morgan fingerprint density at radius 1 is 1.16 bits per heavy atom. The summed E-state index contributed by atoms with van der Waals surface area (Å²) in [6, 6.07) is 6.98. The number of urea groups is 1. The minimum atomic E-state index is -0.901. The van der Waals surface area contributed by atoms with E-state index in [0.717, 1.165) is 35.5 Å². The zero-order valence-electron chi connectivity index (χ0n) is 18.4. The van der Waals surface area contributed by atoms with Gasteiger partial charge in [-0.1, -0.05) is 32.0 Å². The van der Waals surface area contributed by atoms with E-state index in [-0.39, 0.29) is 19.0 Å². The lowest BCUT2D eigenvalue weighted by atomic mass is 9.77. The molecule has 1 atom stereocenters. The Bertz CT molecular complexity index is 863. The van der Waals surface area contributed by atoms with Crippen molar-refractivity contribution in [1.29, 1.82) is 0 Å². The molecule has 168 valence electrons. The van der Waals surface area contributed by atoms with Crippen LogP contribution in [0.1, 0.15) is 45.1 Å². The molecule has 1 saturated heterocycles. The molecule has 0 bridgehead atoms. The number of hydrogen-bond donors (Lipinski definition) is 4. The minimum absolute atomic E-state index is 0.0516. The number of amides is 5. The summed E-state index contributed by atoms with van der Waals surface area (Å²) in [6.07, 6.45) is 3.67. The highest BCUT2D eigenvalue weighted by Crippen LogP contribution is 2.35. The highest BCUT2D eigenvalue weighted by Gasteiger charge is 2.53. The molecule has 9 nitrogen and oxygen atoms in total. The van der Waals surface area contributed by atoms with Crippen molar-refractivity contribution in [3.8, 4) is 0 Å². The van der Waals surface area contributed by atoms with Crippen molar-refractivity contribution in [2.45, 2.75) is 51.5 Å². The standard InChI is InChI=1S/C22H31N5O4/c1-4-16-7-5-6-8-17(16)23-18(28)13-26(3)14-19(29)25-27-20(30)22(24-21(27)31)11-9-15(2)10-12-22/h5-8,15H,4,9-14H2,1-3H3,(H,23,28)(H,24,31)(H,25,29)/p+1. The van der Waals surface area contributed by atoms with E-state index in [4.69, 9.17) is 0 Å². The molecule has 2 fully saturated rings. The van der Waals surface area contributed by atoms with Gasteiger partial charge in [0.05, 0.1) is 7.05 Å². The number of nitrogens with zero attached hydrogens (tertiary/aromatic N) is 1. The third-order valence-electron chi connectivity index (χ3n) is 6.12. The number of carbonyl (C=O) groups is 4. The molecule has 1 spiro atoms. The van der Waals surface area contributed by atoms with Crippen molar-refractivity contribution in [3.63, 3.8) is 0 Å². The maximum atomic E-state index is 12.8. The second kappa shape index (κ2) is 9.47. The summed E-state index contributed by atoms with van der Waals surface area (Å²) in [4.78, 5) is 50.6. The Labute approximate surface area is 182 Å². The van der Waals surface area contributed by atoms with Crippen molar-refractivity contribution >= 4 is 29.4 Å². The fraction of sp³-hybridized carbons (Fsp3) is 0.545. The fourth-order valence-electron chi connectivity index (χ4n) is 4.24. The second-order valence-electron chi connectivity index (χ2n) is 8.74. The summed E-state index contributed by atoms with van der Waals surface area (Å²) in [7, 11) is 1.71. The first-order valence-electron chi connectivity index (χ1n) is 10.9. The van der Waals surface area contributed by atoms with Crippen LogP contribution in [-0.2, 0) is 20.8 Å². The number of imide groups is 1. The Hall–Kier alpha value is -2.94. The van der Waals surface area contributed by atoms with E-state index in [0.29, 0.717) is 23.7 Å². The Kier molecular flexibility index (Phi) is 6.94. The number of hydrazine groups is 1. The molecule has 2 aliphatic rings. The van der Waals surface area contributed by atoms with Crippen LogP contribution in [-0.4, -0.2) is 54.4 Å². The average molecular weight is 431 g/mol. The van der Waals surface area contributed by atoms with Crippen molar-refractivity contribution in [1.82, 2.24) is 15.8 Å². The maximum absolute atomic E-state index is 12.8. The number of rotatable bonds is 7. The normalized spacial score (nSPS) is 24.1. The lowest BCUT2D eigenvalue weighted by molar-refractivity contribution is -0.862. The molecule has 31 heavy (non-hydrogen) atoms. The SMILES string of the molecule is CCc1ccccc1NC(=O)C[NH+](C)CC(=O)NN1C(=O)NC2(CCC(C)CC2)C1=O. The molecule has 0 radical (unpaired) electrons. The van der Waals surface area contributed by atoms with Gasteiger partial charge in [0.15, 0.2) is 13.1 Å². The zero-order chi connectivity index (χ0) is 22.6. The lowest BCUT2D eigenvalue weighted by Gasteiger charge is -2.33. The second-order valence-corrected chi connectivity index (χ2v) is 8.74. The summed E-state index contributed by atoms with van der Waals surface area (Å²) >= 11 is 0. The van der Waals surface area contributed by atoms with Crippen molar-refractivity contribution in [3.05, 3.63) is 29.8 Å². The van der Waals surface area contributed by atoms with Crippen LogP contribution in [0.3, 0.4) is 0 Å². The molecular weight excluding hydrogens is 398 g/mol. The Morgan fingerprint density at radius 2 is 1.81 bits per heavy atom. The fourth-order valence-corrected chi connectivity index (χ4v) is 4.24. The monoisotopic (exact) mass is 430 g/mol. The molecule has 1 aromatic carbocycles. The number of aryl methyl sites for hydroxylation is 1. The quantitative estimate of drug-likeness (QED) is 0.464. The van der Waals surface area contributed by atoms with Gasteiger partial charge in [0.1, 0.15) is 5.54 Å². The van der Waals surface area contributed by atoms with Gasteiger partial charge in [-0.3, -0.25) is 19.8 Å². The number of hydrogen-bond acceptors (Lipinski definition) is 4. The van der Waals surface area contributed by atoms with Gasteiger partial charge in [0.25, 0.3) is 17.7 Å². The third kappa shape index (κ3) is 5.22. The number of carbonyl (C=O) groups excluding carboxylic acids is 4. The van der Waals surface area contributed by atoms with E-state index in [1.54, 1.807) is 7.05 Å². The first-order chi connectivity index (χ1) is 14.7. The number of anilines is 1. The molecule has 4 N–H and O–H groups in total. The van der Waals surface area contributed by atoms with Gasteiger partial charge in [-0.2, -0.15) is 5.01 Å². The zero-order valence-corrected chi connectivity index (χ0v) is 18.4. The molecule has 0 aromatic heterocycles. The van der Waals surface area contributed by atoms with Crippen LogP contribution in [0.25, 0.3) is 0 Å². The average Bonchev–Trinajstić information content (AvgIpc) is 2.94. The van der Waals surface area contributed by atoms with Gasteiger partial charge in [-0.15, -0.1) is 0 Å². The highest BCUT2D eigenvalue weighted by molar-refractivity contribution is 6.08. The molecule has 1 aromatic rings. The van der Waals surface area contributed by atoms with Crippen LogP contribution in [0, 0.1) is 5.92 Å². The van der Waals surface area contributed by atoms with Crippen LogP contribution < -0.4 is 21.0 Å². The van der Waals surface area contributed by atoms with E-state index in [1.165, 1.54) is 0 Å². The first-order valence-corrected chi connectivity index (χ1v) is 10.9. The summed E-state index contributed by atoms with van der Waals surface area (Å²) in [5, 5.41) is 6.44. The molecule has 1 aliphatic heterocycles. The van der Waals surface area contributed by atoms with Crippen molar-refractivity contribution < 1.29 is 24.1 Å². The van der Waals surface area contributed by atoms with Gasteiger partial charge < -0.3 is 15.5 Å².